The van der Waals surface area contributed by atoms with E-state index in [0.29, 0.717) is 11.3 Å². The molecule has 0 aliphatic rings. The standard InChI is InChI=1S/C18H16Br2Cl3N3OS/c1-9-3-5-11(6-4-9)15(27)25-16(18(21,22)23)26-17(28)24-14-12(19)7-10(2)8-13(14)20/h3-8,16H,1-2H3,(H,25,27)(H2,24,26,28)/t16-/m0/s1. The van der Waals surface area contributed by atoms with Crippen LogP contribution in [-0.2, 0) is 0 Å². The van der Waals surface area contributed by atoms with Crippen LogP contribution in [0, 0.1) is 13.8 Å². The van der Waals surface area contributed by atoms with E-state index in [1.54, 1.807) is 12.1 Å². The Morgan fingerprint density at radius 3 is 2.04 bits per heavy atom. The van der Waals surface area contributed by atoms with Crippen molar-refractivity contribution in [3.63, 3.8) is 0 Å². The predicted octanol–water partition coefficient (Wildman–Crippen LogP) is 6.24. The summed E-state index contributed by atoms with van der Waals surface area (Å²) in [5.74, 6) is -0.399. The van der Waals surface area contributed by atoms with E-state index in [9.17, 15) is 4.79 Å². The molecule has 0 aliphatic heterocycles. The third kappa shape index (κ3) is 6.75. The zero-order chi connectivity index (χ0) is 21.1. The number of benzene rings is 2. The Kier molecular flexibility index (Phi) is 8.43. The average molecular weight is 589 g/mol. The highest BCUT2D eigenvalue weighted by molar-refractivity contribution is 9.11. The van der Waals surface area contributed by atoms with E-state index in [-0.39, 0.29) is 5.11 Å². The van der Waals surface area contributed by atoms with Crippen molar-refractivity contribution in [2.45, 2.75) is 23.8 Å². The number of hydrogen-bond acceptors (Lipinski definition) is 2. The van der Waals surface area contributed by atoms with Crippen molar-refractivity contribution in [1.29, 1.82) is 0 Å². The molecule has 28 heavy (non-hydrogen) atoms. The Morgan fingerprint density at radius 1 is 1.00 bits per heavy atom. The second kappa shape index (κ2) is 9.96. The maximum atomic E-state index is 12.5. The van der Waals surface area contributed by atoms with Gasteiger partial charge in [0.05, 0.1) is 5.69 Å². The van der Waals surface area contributed by atoms with Crippen molar-refractivity contribution in [2.75, 3.05) is 5.32 Å². The Morgan fingerprint density at radius 2 is 1.54 bits per heavy atom. The molecule has 1 atom stereocenters. The van der Waals surface area contributed by atoms with Gasteiger partial charge < -0.3 is 16.0 Å². The SMILES string of the molecule is Cc1ccc(C(=O)N[C@@H](NC(=S)Nc2c(Br)cc(C)cc2Br)C(Cl)(Cl)Cl)cc1. The highest BCUT2D eigenvalue weighted by Gasteiger charge is 2.35. The van der Waals surface area contributed by atoms with E-state index in [1.807, 2.05) is 38.1 Å². The number of carbonyl (C=O) groups is 1. The summed E-state index contributed by atoms with van der Waals surface area (Å²) in [5, 5.41) is 8.69. The van der Waals surface area contributed by atoms with Gasteiger partial charge in [0.1, 0.15) is 6.17 Å². The lowest BCUT2D eigenvalue weighted by Gasteiger charge is -2.28. The van der Waals surface area contributed by atoms with Crippen LogP contribution in [0.1, 0.15) is 21.5 Å². The molecule has 0 spiro atoms. The third-order valence-electron chi connectivity index (χ3n) is 3.62. The molecular formula is C18H16Br2Cl3N3OS. The molecular weight excluding hydrogens is 572 g/mol. The molecule has 0 radical (unpaired) electrons. The molecule has 2 aromatic rings. The predicted molar refractivity (Wildman–Crippen MR) is 129 cm³/mol. The first kappa shape index (κ1) is 23.7. The van der Waals surface area contributed by atoms with Crippen molar-refractivity contribution < 1.29 is 4.79 Å². The molecule has 2 aromatic carbocycles. The van der Waals surface area contributed by atoms with E-state index < -0.39 is 15.9 Å². The minimum absolute atomic E-state index is 0.172. The number of hydrogen-bond donors (Lipinski definition) is 3. The summed E-state index contributed by atoms with van der Waals surface area (Å²) in [4.78, 5) is 12.5. The monoisotopic (exact) mass is 585 g/mol. The van der Waals surface area contributed by atoms with Gasteiger partial charge in [-0.15, -0.1) is 0 Å². The van der Waals surface area contributed by atoms with Crippen LogP contribution in [0.3, 0.4) is 0 Å². The Labute approximate surface area is 200 Å². The lowest BCUT2D eigenvalue weighted by molar-refractivity contribution is 0.0934. The smallest absolute Gasteiger partial charge is 0.252 e. The molecule has 150 valence electrons. The van der Waals surface area contributed by atoms with Crippen LogP contribution in [0.4, 0.5) is 5.69 Å². The normalized spacial score (nSPS) is 12.2. The number of halogens is 5. The van der Waals surface area contributed by atoms with Gasteiger partial charge in [-0.3, -0.25) is 4.79 Å². The van der Waals surface area contributed by atoms with Crippen molar-refractivity contribution in [3.05, 3.63) is 62.0 Å². The topological polar surface area (TPSA) is 53.2 Å². The van der Waals surface area contributed by atoms with E-state index in [2.05, 4.69) is 47.8 Å². The van der Waals surface area contributed by atoms with Crippen molar-refractivity contribution in [3.8, 4) is 0 Å². The minimum atomic E-state index is -1.84. The first-order valence-corrected chi connectivity index (χ1v) is 11.1. The maximum absolute atomic E-state index is 12.5. The zero-order valence-electron chi connectivity index (χ0n) is 14.7. The molecule has 3 N–H and O–H groups in total. The number of thiocarbonyl (C=S) groups is 1. The van der Waals surface area contributed by atoms with Crippen LogP contribution in [0.15, 0.2) is 45.3 Å². The average Bonchev–Trinajstić information content (AvgIpc) is 2.57. The fraction of sp³-hybridized carbons (Fsp3) is 0.222. The minimum Gasteiger partial charge on any atom is -0.339 e. The van der Waals surface area contributed by atoms with Gasteiger partial charge in [-0.25, -0.2) is 0 Å². The summed E-state index contributed by atoms with van der Waals surface area (Å²) in [7, 11) is 0. The molecule has 2 rings (SSSR count). The van der Waals surface area contributed by atoms with E-state index in [1.165, 1.54) is 0 Å². The van der Waals surface area contributed by atoms with Gasteiger partial charge in [0.15, 0.2) is 5.11 Å². The summed E-state index contributed by atoms with van der Waals surface area (Å²) in [5.41, 5.74) is 3.24. The first-order chi connectivity index (χ1) is 13.0. The molecule has 0 saturated carbocycles. The Hall–Kier alpha value is -0.570. The first-order valence-electron chi connectivity index (χ1n) is 7.95. The molecule has 10 heteroatoms. The summed E-state index contributed by atoms with van der Waals surface area (Å²) >= 11 is 30.4. The molecule has 0 fully saturated rings. The number of aryl methyl sites for hydroxylation is 2. The molecule has 0 aliphatic carbocycles. The van der Waals surface area contributed by atoms with Crippen LogP contribution in [0.5, 0.6) is 0 Å². The molecule has 4 nitrogen and oxygen atoms in total. The van der Waals surface area contributed by atoms with Gasteiger partial charge >= 0.3 is 0 Å². The molecule has 0 unspecified atom stereocenters. The Balaban J connectivity index is 2.13. The summed E-state index contributed by atoms with van der Waals surface area (Å²) in [6.45, 7) is 3.90. The number of amides is 1. The van der Waals surface area contributed by atoms with Gasteiger partial charge in [0, 0.05) is 14.5 Å². The maximum Gasteiger partial charge on any atom is 0.252 e. The van der Waals surface area contributed by atoms with Crippen LogP contribution >= 0.6 is 78.9 Å². The fourth-order valence-electron chi connectivity index (χ4n) is 2.22. The summed E-state index contributed by atoms with van der Waals surface area (Å²) < 4.78 is -0.233. The second-order valence-electron chi connectivity index (χ2n) is 6.02. The van der Waals surface area contributed by atoms with Crippen LogP contribution < -0.4 is 16.0 Å². The molecule has 0 heterocycles. The van der Waals surface area contributed by atoms with Crippen LogP contribution in [-0.4, -0.2) is 21.0 Å². The van der Waals surface area contributed by atoms with Gasteiger partial charge in [-0.05, 0) is 87.8 Å². The number of alkyl halides is 3. The quantitative estimate of drug-likeness (QED) is 0.225. The lowest BCUT2D eigenvalue weighted by Crippen LogP contribution is -2.56. The highest BCUT2D eigenvalue weighted by Crippen LogP contribution is 2.33. The fourth-order valence-corrected chi connectivity index (χ4v) is 4.38. The number of nitrogens with one attached hydrogen (secondary N) is 3. The third-order valence-corrected chi connectivity index (χ3v) is 5.74. The van der Waals surface area contributed by atoms with Crippen molar-refractivity contribution >= 4 is 95.6 Å². The van der Waals surface area contributed by atoms with Gasteiger partial charge in [-0.2, -0.15) is 0 Å². The van der Waals surface area contributed by atoms with Crippen LogP contribution in [0.2, 0.25) is 0 Å². The lowest BCUT2D eigenvalue weighted by atomic mass is 10.1. The largest absolute Gasteiger partial charge is 0.339 e. The molecule has 0 aromatic heterocycles. The molecule has 0 bridgehead atoms. The molecule has 1 amide bonds. The number of rotatable bonds is 4. The van der Waals surface area contributed by atoms with E-state index in [0.717, 1.165) is 20.1 Å². The second-order valence-corrected chi connectivity index (χ2v) is 10.5. The van der Waals surface area contributed by atoms with Crippen molar-refractivity contribution in [2.24, 2.45) is 0 Å². The highest BCUT2D eigenvalue weighted by atomic mass is 79.9. The van der Waals surface area contributed by atoms with E-state index >= 15 is 0 Å². The number of anilines is 1. The number of carbonyl (C=O) groups excluding carboxylic acids is 1. The summed E-state index contributed by atoms with van der Waals surface area (Å²) in [6.07, 6.45) is -1.06. The van der Waals surface area contributed by atoms with Crippen LogP contribution in [0.25, 0.3) is 0 Å². The zero-order valence-corrected chi connectivity index (χ0v) is 21.0. The van der Waals surface area contributed by atoms with E-state index in [4.69, 9.17) is 47.0 Å². The summed E-state index contributed by atoms with van der Waals surface area (Å²) in [6, 6.07) is 10.9. The van der Waals surface area contributed by atoms with Crippen molar-refractivity contribution in [1.82, 2.24) is 10.6 Å². The van der Waals surface area contributed by atoms with Gasteiger partial charge in [0.25, 0.3) is 5.91 Å². The molecule has 0 saturated heterocycles. The van der Waals surface area contributed by atoms with Gasteiger partial charge in [-0.1, -0.05) is 52.5 Å². The van der Waals surface area contributed by atoms with Gasteiger partial charge in [0.2, 0.25) is 3.79 Å². The Bertz CT molecular complexity index is 866.